The molecule has 1 atom stereocenters. The van der Waals surface area contributed by atoms with Gasteiger partial charge >= 0.3 is 5.97 Å². The average Bonchev–Trinajstić information content (AvgIpc) is 3.04. The number of rotatable bonds is 4. The molecule has 3 rings (SSSR count). The number of carbonyl (C=O) groups is 1. The van der Waals surface area contributed by atoms with Crippen LogP contribution < -0.4 is 0 Å². The van der Waals surface area contributed by atoms with Crippen molar-refractivity contribution in [3.8, 4) is 0 Å². The fraction of sp³-hybridized carbons (Fsp3) is 0.529. The van der Waals surface area contributed by atoms with E-state index in [4.69, 9.17) is 10.1 Å². The molecule has 0 aromatic carbocycles. The van der Waals surface area contributed by atoms with Crippen molar-refractivity contribution in [3.05, 3.63) is 37.0 Å². The van der Waals surface area contributed by atoms with Gasteiger partial charge in [-0.15, -0.1) is 22.7 Å². The molecular formula is C17H22N2O2S2. The van der Waals surface area contributed by atoms with Crippen molar-refractivity contribution in [3.63, 3.8) is 0 Å². The highest BCUT2D eigenvalue weighted by molar-refractivity contribution is 7.14. The van der Waals surface area contributed by atoms with Gasteiger partial charge in [-0.25, -0.2) is 9.78 Å². The minimum atomic E-state index is -0.824. The van der Waals surface area contributed by atoms with Gasteiger partial charge in [-0.3, -0.25) is 4.90 Å². The van der Waals surface area contributed by atoms with Gasteiger partial charge in [-0.05, 0) is 51.8 Å². The third kappa shape index (κ3) is 3.65. The number of carboxylic acids is 1. The lowest BCUT2D eigenvalue weighted by Gasteiger charge is -2.31. The summed E-state index contributed by atoms with van der Waals surface area (Å²) in [6.45, 7) is 9.18. The van der Waals surface area contributed by atoms with Gasteiger partial charge in [0.15, 0.2) is 0 Å². The molecule has 1 fully saturated rings. The fourth-order valence-electron chi connectivity index (χ4n) is 3.10. The van der Waals surface area contributed by atoms with Crippen molar-refractivity contribution in [2.75, 3.05) is 13.1 Å². The molecule has 0 saturated carbocycles. The monoisotopic (exact) mass is 350 g/mol. The van der Waals surface area contributed by atoms with Gasteiger partial charge in [-0.1, -0.05) is 0 Å². The van der Waals surface area contributed by atoms with Gasteiger partial charge in [0.05, 0.1) is 10.7 Å². The van der Waals surface area contributed by atoms with E-state index in [-0.39, 0.29) is 0 Å². The van der Waals surface area contributed by atoms with E-state index in [0.717, 1.165) is 35.8 Å². The van der Waals surface area contributed by atoms with Crippen LogP contribution in [-0.4, -0.2) is 34.0 Å². The Kier molecular flexibility index (Phi) is 4.85. The summed E-state index contributed by atoms with van der Waals surface area (Å²) >= 11 is 3.20. The summed E-state index contributed by atoms with van der Waals surface area (Å²) in [7, 11) is 0. The Morgan fingerprint density at radius 1 is 1.35 bits per heavy atom. The van der Waals surface area contributed by atoms with Crippen LogP contribution in [0.2, 0.25) is 0 Å². The Labute approximate surface area is 144 Å². The zero-order chi connectivity index (χ0) is 16.6. The summed E-state index contributed by atoms with van der Waals surface area (Å²) < 4.78 is 0. The van der Waals surface area contributed by atoms with Gasteiger partial charge in [-0.2, -0.15) is 0 Å². The Hall–Kier alpha value is -1.24. The third-order valence-electron chi connectivity index (χ3n) is 4.53. The van der Waals surface area contributed by atoms with Crippen LogP contribution in [0.5, 0.6) is 0 Å². The average molecular weight is 351 g/mol. The molecular weight excluding hydrogens is 328 g/mol. The molecule has 6 heteroatoms. The zero-order valence-electron chi connectivity index (χ0n) is 13.8. The molecule has 0 bridgehead atoms. The van der Waals surface area contributed by atoms with E-state index in [2.05, 4.69) is 18.7 Å². The summed E-state index contributed by atoms with van der Waals surface area (Å²) in [6.07, 6.45) is 2.38. The van der Waals surface area contributed by atoms with Crippen LogP contribution in [0, 0.1) is 20.8 Å². The van der Waals surface area contributed by atoms with E-state index in [9.17, 15) is 4.79 Å². The number of aromatic carboxylic acids is 1. The largest absolute Gasteiger partial charge is 0.477 e. The Morgan fingerprint density at radius 2 is 2.13 bits per heavy atom. The maximum Gasteiger partial charge on any atom is 0.345 e. The summed E-state index contributed by atoms with van der Waals surface area (Å²) in [5.74, 6) is -0.311. The van der Waals surface area contributed by atoms with E-state index < -0.39 is 5.97 Å². The van der Waals surface area contributed by atoms with Crippen LogP contribution >= 0.6 is 22.7 Å². The second-order valence-electron chi connectivity index (χ2n) is 6.27. The van der Waals surface area contributed by atoms with Crippen LogP contribution in [0.1, 0.15) is 54.5 Å². The summed E-state index contributed by atoms with van der Waals surface area (Å²) in [6, 6.07) is 1.84. The second kappa shape index (κ2) is 6.71. The predicted molar refractivity (Wildman–Crippen MR) is 94.9 cm³/mol. The summed E-state index contributed by atoms with van der Waals surface area (Å²) in [5.41, 5.74) is 2.31. The number of aryl methyl sites for hydroxylation is 3. The first-order chi connectivity index (χ1) is 10.9. The molecule has 0 aliphatic carbocycles. The number of piperidine rings is 1. The number of hydrogen-bond acceptors (Lipinski definition) is 5. The van der Waals surface area contributed by atoms with Gasteiger partial charge in [0.1, 0.15) is 4.88 Å². The number of likely N-dealkylation sites (tertiary alicyclic amines) is 1. The zero-order valence-corrected chi connectivity index (χ0v) is 15.4. The van der Waals surface area contributed by atoms with Gasteiger partial charge in [0.2, 0.25) is 0 Å². The van der Waals surface area contributed by atoms with Crippen molar-refractivity contribution >= 4 is 28.6 Å². The highest BCUT2D eigenvalue weighted by Gasteiger charge is 2.25. The SMILES string of the molecule is Cc1nc(C2CCCN(Cc3cc(C(=O)O)sc3C)C2)sc1C. The third-order valence-corrected chi connectivity index (χ3v) is 6.84. The minimum absolute atomic E-state index is 0.442. The number of thiophene rings is 1. The van der Waals surface area contributed by atoms with Crippen molar-refractivity contribution < 1.29 is 9.90 Å². The Balaban J connectivity index is 1.70. The standard InChI is InChI=1S/C17H22N2O2S2/c1-10-11(2)23-16(18-10)13-5-4-6-19(8-13)9-14-7-15(17(20)21)22-12(14)3/h7,13H,4-6,8-9H2,1-3H3,(H,20,21). The smallest absolute Gasteiger partial charge is 0.345 e. The first-order valence-corrected chi connectivity index (χ1v) is 9.56. The molecule has 0 amide bonds. The number of hydrogen-bond donors (Lipinski definition) is 1. The number of thiazole rings is 1. The molecule has 2 aromatic rings. The number of nitrogens with zero attached hydrogens (tertiary/aromatic N) is 2. The highest BCUT2D eigenvalue weighted by Crippen LogP contribution is 2.32. The number of aromatic nitrogens is 1. The second-order valence-corrected chi connectivity index (χ2v) is 8.76. The van der Waals surface area contributed by atoms with E-state index >= 15 is 0 Å². The first kappa shape index (κ1) is 16.6. The summed E-state index contributed by atoms with van der Waals surface area (Å²) in [5, 5.41) is 10.4. The topological polar surface area (TPSA) is 53.4 Å². The van der Waals surface area contributed by atoms with E-state index in [1.54, 1.807) is 0 Å². The molecule has 0 radical (unpaired) electrons. The molecule has 1 unspecified atom stereocenters. The van der Waals surface area contributed by atoms with E-state index in [1.807, 2.05) is 24.3 Å². The van der Waals surface area contributed by atoms with Crippen LogP contribution in [0.4, 0.5) is 0 Å². The maximum absolute atomic E-state index is 11.1. The predicted octanol–water partition coefficient (Wildman–Crippen LogP) is 4.21. The molecule has 1 aliphatic rings. The normalized spacial score (nSPS) is 19.2. The Bertz CT molecular complexity index is 701. The van der Waals surface area contributed by atoms with Crippen LogP contribution in [0.3, 0.4) is 0 Å². The Morgan fingerprint density at radius 3 is 2.74 bits per heavy atom. The molecule has 124 valence electrons. The molecule has 4 nitrogen and oxygen atoms in total. The molecule has 1 saturated heterocycles. The van der Waals surface area contributed by atoms with Crippen molar-refractivity contribution in [1.82, 2.24) is 9.88 Å². The molecule has 3 heterocycles. The van der Waals surface area contributed by atoms with Crippen molar-refractivity contribution in [1.29, 1.82) is 0 Å². The van der Waals surface area contributed by atoms with Crippen molar-refractivity contribution in [2.24, 2.45) is 0 Å². The quantitative estimate of drug-likeness (QED) is 0.897. The van der Waals surface area contributed by atoms with Crippen LogP contribution in [0.25, 0.3) is 0 Å². The number of carboxylic acid groups (broad SMARTS) is 1. The summed E-state index contributed by atoms with van der Waals surface area (Å²) in [4.78, 5) is 21.2. The molecule has 1 aliphatic heterocycles. The molecule has 2 aromatic heterocycles. The van der Waals surface area contributed by atoms with Gasteiger partial charge in [0.25, 0.3) is 0 Å². The van der Waals surface area contributed by atoms with Gasteiger partial charge < -0.3 is 5.11 Å². The molecule has 0 spiro atoms. The lowest BCUT2D eigenvalue weighted by atomic mass is 9.98. The van der Waals surface area contributed by atoms with E-state index in [0.29, 0.717) is 10.8 Å². The molecule has 23 heavy (non-hydrogen) atoms. The van der Waals surface area contributed by atoms with Crippen LogP contribution in [-0.2, 0) is 6.54 Å². The lowest BCUT2D eigenvalue weighted by molar-refractivity contribution is 0.0702. The first-order valence-electron chi connectivity index (χ1n) is 7.93. The van der Waals surface area contributed by atoms with E-state index in [1.165, 1.54) is 34.1 Å². The lowest BCUT2D eigenvalue weighted by Crippen LogP contribution is -2.33. The highest BCUT2D eigenvalue weighted by atomic mass is 32.1. The maximum atomic E-state index is 11.1. The molecule has 1 N–H and O–H groups in total. The minimum Gasteiger partial charge on any atom is -0.477 e. The van der Waals surface area contributed by atoms with Crippen LogP contribution in [0.15, 0.2) is 6.07 Å². The van der Waals surface area contributed by atoms with Gasteiger partial charge in [0, 0.05) is 28.8 Å². The fourth-order valence-corrected chi connectivity index (χ4v) is 5.02. The van der Waals surface area contributed by atoms with Crippen molar-refractivity contribution in [2.45, 2.75) is 46.1 Å².